The summed E-state index contributed by atoms with van der Waals surface area (Å²) in [6, 6.07) is 9.61. The Labute approximate surface area is 137 Å². The topological polar surface area (TPSA) is 55.8 Å². The number of anilines is 1. The summed E-state index contributed by atoms with van der Waals surface area (Å²) >= 11 is 0. The Morgan fingerprint density at radius 2 is 1.39 bits per heavy atom. The molecule has 0 aliphatic heterocycles. The Kier molecular flexibility index (Phi) is 8.90. The van der Waals surface area contributed by atoms with Crippen LogP contribution in [0.3, 0.4) is 0 Å². The molecular formula is C18H23NO4. The highest BCUT2D eigenvalue weighted by Crippen LogP contribution is 2.14. The molecule has 0 atom stereocenters. The first kappa shape index (κ1) is 18.5. The van der Waals surface area contributed by atoms with Gasteiger partial charge in [0.25, 0.3) is 0 Å². The molecule has 1 aromatic rings. The molecule has 0 N–H and O–H groups in total. The van der Waals surface area contributed by atoms with Gasteiger partial charge in [-0.2, -0.15) is 0 Å². The largest absolute Gasteiger partial charge is 0.461 e. The van der Waals surface area contributed by atoms with Gasteiger partial charge in [-0.1, -0.05) is 43.5 Å². The van der Waals surface area contributed by atoms with Crippen LogP contribution in [-0.2, 0) is 19.1 Å². The molecule has 0 aliphatic carbocycles. The normalized spacial score (nSPS) is 9.74. The quantitative estimate of drug-likeness (QED) is 0.464. The van der Waals surface area contributed by atoms with E-state index in [1.54, 1.807) is 0 Å². The van der Waals surface area contributed by atoms with E-state index in [2.05, 4.69) is 13.2 Å². The fraction of sp³-hybridized carbons (Fsp3) is 0.333. The number of para-hydroxylation sites is 1. The number of benzene rings is 1. The van der Waals surface area contributed by atoms with Crippen molar-refractivity contribution in [1.29, 1.82) is 0 Å². The van der Waals surface area contributed by atoms with Gasteiger partial charge < -0.3 is 14.4 Å². The lowest BCUT2D eigenvalue weighted by Crippen LogP contribution is -2.29. The second-order valence-electron chi connectivity index (χ2n) is 4.77. The number of nitrogens with zero attached hydrogens (tertiary/aromatic N) is 1. The molecule has 0 radical (unpaired) electrons. The van der Waals surface area contributed by atoms with Crippen LogP contribution in [0.15, 0.2) is 55.6 Å². The van der Waals surface area contributed by atoms with Crippen LogP contribution in [0.2, 0.25) is 0 Å². The number of hydrogen-bond donors (Lipinski definition) is 0. The molecular weight excluding hydrogens is 294 g/mol. The molecule has 0 spiro atoms. The van der Waals surface area contributed by atoms with E-state index in [-0.39, 0.29) is 38.0 Å². The van der Waals surface area contributed by atoms with Crippen LogP contribution in [-0.4, -0.2) is 38.2 Å². The molecule has 0 aromatic heterocycles. The summed E-state index contributed by atoms with van der Waals surface area (Å²) in [6.07, 6.45) is 3.54. The van der Waals surface area contributed by atoms with Gasteiger partial charge in [0.1, 0.15) is 13.2 Å². The zero-order valence-corrected chi connectivity index (χ0v) is 13.3. The van der Waals surface area contributed by atoms with E-state index in [4.69, 9.17) is 9.47 Å². The first-order valence-electron chi connectivity index (χ1n) is 7.50. The molecule has 0 heterocycles. The molecule has 5 nitrogen and oxygen atoms in total. The van der Waals surface area contributed by atoms with E-state index < -0.39 is 0 Å². The molecule has 0 aliphatic rings. The van der Waals surface area contributed by atoms with Crippen LogP contribution in [0.1, 0.15) is 12.8 Å². The Morgan fingerprint density at radius 1 is 0.913 bits per heavy atom. The molecule has 0 saturated heterocycles. The molecule has 0 amide bonds. The van der Waals surface area contributed by atoms with Gasteiger partial charge in [0, 0.05) is 18.8 Å². The zero-order chi connectivity index (χ0) is 16.9. The van der Waals surface area contributed by atoms with E-state index in [1.165, 1.54) is 12.2 Å². The van der Waals surface area contributed by atoms with Gasteiger partial charge in [0.2, 0.25) is 0 Å². The fourth-order valence-corrected chi connectivity index (χ4v) is 1.91. The van der Waals surface area contributed by atoms with Crippen molar-refractivity contribution in [3.8, 4) is 0 Å². The van der Waals surface area contributed by atoms with Gasteiger partial charge in [-0.15, -0.1) is 0 Å². The minimum atomic E-state index is -0.292. The maximum atomic E-state index is 11.6. The average molecular weight is 317 g/mol. The molecule has 5 heteroatoms. The van der Waals surface area contributed by atoms with Crippen LogP contribution in [0, 0.1) is 0 Å². The molecule has 124 valence electrons. The second kappa shape index (κ2) is 11.1. The summed E-state index contributed by atoms with van der Waals surface area (Å²) < 4.78 is 9.94. The van der Waals surface area contributed by atoms with Crippen molar-refractivity contribution < 1.29 is 19.1 Å². The fourth-order valence-electron chi connectivity index (χ4n) is 1.91. The highest BCUT2D eigenvalue weighted by atomic mass is 16.5. The first-order valence-corrected chi connectivity index (χ1v) is 7.50. The number of carbonyl (C=O) groups is 2. The second-order valence-corrected chi connectivity index (χ2v) is 4.77. The van der Waals surface area contributed by atoms with Gasteiger partial charge in [0.15, 0.2) is 0 Å². The highest BCUT2D eigenvalue weighted by Gasteiger charge is 2.12. The lowest BCUT2D eigenvalue weighted by Gasteiger charge is -2.24. The zero-order valence-electron chi connectivity index (χ0n) is 13.3. The monoisotopic (exact) mass is 317 g/mol. The van der Waals surface area contributed by atoms with Crippen LogP contribution in [0.4, 0.5) is 5.69 Å². The smallest absolute Gasteiger partial charge is 0.307 e. The van der Waals surface area contributed by atoms with E-state index >= 15 is 0 Å². The Hall–Kier alpha value is -2.56. The van der Waals surface area contributed by atoms with Crippen LogP contribution in [0.5, 0.6) is 0 Å². The van der Waals surface area contributed by atoms with Crippen molar-refractivity contribution in [2.24, 2.45) is 0 Å². The van der Waals surface area contributed by atoms with E-state index in [0.717, 1.165) is 5.69 Å². The van der Waals surface area contributed by atoms with Gasteiger partial charge in [0.05, 0.1) is 12.8 Å². The number of esters is 2. The van der Waals surface area contributed by atoms with Gasteiger partial charge in [-0.25, -0.2) is 0 Å². The minimum absolute atomic E-state index is 0.206. The third-order valence-corrected chi connectivity index (χ3v) is 3.02. The lowest BCUT2D eigenvalue weighted by molar-refractivity contribution is -0.142. The van der Waals surface area contributed by atoms with Gasteiger partial charge in [-0.05, 0) is 12.1 Å². The molecule has 0 saturated carbocycles. The van der Waals surface area contributed by atoms with Crippen LogP contribution >= 0.6 is 0 Å². The minimum Gasteiger partial charge on any atom is -0.461 e. The summed E-state index contributed by atoms with van der Waals surface area (Å²) in [4.78, 5) is 25.2. The third kappa shape index (κ3) is 7.85. The number of rotatable bonds is 11. The van der Waals surface area contributed by atoms with Crippen molar-refractivity contribution in [2.45, 2.75) is 12.8 Å². The number of carbonyl (C=O) groups excluding carboxylic acids is 2. The van der Waals surface area contributed by atoms with E-state index in [1.807, 2.05) is 35.2 Å². The molecule has 1 aromatic carbocycles. The Balaban J connectivity index is 2.56. The number of hydrogen-bond acceptors (Lipinski definition) is 5. The van der Waals surface area contributed by atoms with Crippen molar-refractivity contribution >= 4 is 17.6 Å². The molecule has 0 unspecified atom stereocenters. The van der Waals surface area contributed by atoms with E-state index in [9.17, 15) is 9.59 Å². The van der Waals surface area contributed by atoms with Crippen LogP contribution < -0.4 is 4.90 Å². The van der Waals surface area contributed by atoms with Gasteiger partial charge in [-0.3, -0.25) is 9.59 Å². The van der Waals surface area contributed by atoms with Crippen molar-refractivity contribution in [2.75, 3.05) is 31.2 Å². The maximum Gasteiger partial charge on any atom is 0.307 e. The SMILES string of the molecule is C=CCOC(=O)CCN(CCC(=O)OCC=C)c1ccccc1. The maximum absolute atomic E-state index is 11.6. The Morgan fingerprint density at radius 3 is 1.83 bits per heavy atom. The van der Waals surface area contributed by atoms with E-state index in [0.29, 0.717) is 13.1 Å². The van der Waals surface area contributed by atoms with Crippen molar-refractivity contribution in [3.63, 3.8) is 0 Å². The van der Waals surface area contributed by atoms with Crippen molar-refractivity contribution in [3.05, 3.63) is 55.6 Å². The Bertz CT molecular complexity index is 485. The molecule has 0 bridgehead atoms. The first-order chi connectivity index (χ1) is 11.2. The highest BCUT2D eigenvalue weighted by molar-refractivity contribution is 5.71. The average Bonchev–Trinajstić information content (AvgIpc) is 2.58. The lowest BCUT2D eigenvalue weighted by atomic mass is 10.2. The van der Waals surface area contributed by atoms with Gasteiger partial charge >= 0.3 is 11.9 Å². The summed E-state index contributed by atoms with van der Waals surface area (Å²) in [5.74, 6) is -0.583. The summed E-state index contributed by atoms with van der Waals surface area (Å²) in [5, 5.41) is 0. The summed E-state index contributed by atoms with van der Waals surface area (Å²) in [6.45, 7) is 8.35. The molecule has 0 fully saturated rings. The molecule has 23 heavy (non-hydrogen) atoms. The summed E-state index contributed by atoms with van der Waals surface area (Å²) in [7, 11) is 0. The predicted octanol–water partition coefficient (Wildman–Crippen LogP) is 2.73. The van der Waals surface area contributed by atoms with Crippen molar-refractivity contribution in [1.82, 2.24) is 0 Å². The molecule has 1 rings (SSSR count). The third-order valence-electron chi connectivity index (χ3n) is 3.02. The standard InChI is InChI=1S/C18H23NO4/c1-3-14-22-17(20)10-12-19(16-8-6-5-7-9-16)13-11-18(21)23-15-4-2/h3-9H,1-2,10-15H2. The van der Waals surface area contributed by atoms with Crippen LogP contribution in [0.25, 0.3) is 0 Å². The predicted molar refractivity (Wildman–Crippen MR) is 90.2 cm³/mol. The number of ether oxygens (including phenoxy) is 2. The summed E-state index contributed by atoms with van der Waals surface area (Å²) in [5.41, 5.74) is 0.945.